The molecule has 4 rings (SSSR count). The van der Waals surface area contributed by atoms with Crippen LogP contribution in [0.3, 0.4) is 0 Å². The van der Waals surface area contributed by atoms with Crippen molar-refractivity contribution in [2.24, 2.45) is 0 Å². The van der Waals surface area contributed by atoms with E-state index >= 15 is 0 Å². The topological polar surface area (TPSA) is 66.5 Å². The van der Waals surface area contributed by atoms with Gasteiger partial charge in [0.25, 0.3) is 11.8 Å². The number of rotatable bonds is 4. The Bertz CT molecular complexity index is 912. The van der Waals surface area contributed by atoms with Gasteiger partial charge >= 0.3 is 0 Å². The molecule has 0 fully saturated rings. The van der Waals surface area contributed by atoms with Crippen LogP contribution >= 0.6 is 11.8 Å². The standard InChI is InChI=1S/C20H17FN2O3S/c21-12-5-6-17-15(11-12)16(8-10-27-17)22-18(24)7-9-23-19(25)13-3-1-2-4-14(13)20(23)26/h1-6,11,16H,7-10H2,(H,22,24)/t16-/m1/s1. The molecule has 1 N–H and O–H groups in total. The summed E-state index contributed by atoms with van der Waals surface area (Å²) in [5.41, 5.74) is 1.52. The summed E-state index contributed by atoms with van der Waals surface area (Å²) in [7, 11) is 0. The van der Waals surface area contributed by atoms with Crippen molar-refractivity contribution in [2.75, 3.05) is 12.3 Å². The Hall–Kier alpha value is -2.67. The van der Waals surface area contributed by atoms with E-state index in [1.807, 2.05) is 0 Å². The Kier molecular flexibility index (Phi) is 4.70. The quantitative estimate of drug-likeness (QED) is 0.823. The van der Waals surface area contributed by atoms with E-state index in [4.69, 9.17) is 0 Å². The number of thioether (sulfide) groups is 1. The third-order valence-electron chi connectivity index (χ3n) is 4.79. The van der Waals surface area contributed by atoms with Crippen LogP contribution in [0.4, 0.5) is 4.39 Å². The van der Waals surface area contributed by atoms with Gasteiger partial charge in [-0.15, -0.1) is 11.8 Å². The number of amides is 3. The molecule has 2 aliphatic rings. The number of carbonyl (C=O) groups excluding carboxylic acids is 3. The molecule has 27 heavy (non-hydrogen) atoms. The lowest BCUT2D eigenvalue weighted by atomic mass is 10.0. The van der Waals surface area contributed by atoms with Crippen LogP contribution in [-0.2, 0) is 4.79 Å². The summed E-state index contributed by atoms with van der Waals surface area (Å²) in [6.07, 6.45) is 0.722. The van der Waals surface area contributed by atoms with Crippen molar-refractivity contribution in [2.45, 2.75) is 23.8 Å². The second-order valence-corrected chi connectivity index (χ2v) is 7.63. The molecule has 3 amide bonds. The molecule has 0 aromatic heterocycles. The summed E-state index contributed by atoms with van der Waals surface area (Å²) in [6, 6.07) is 11.0. The Morgan fingerprint density at radius 3 is 2.56 bits per heavy atom. The van der Waals surface area contributed by atoms with E-state index in [2.05, 4.69) is 5.32 Å². The number of halogens is 1. The van der Waals surface area contributed by atoms with Gasteiger partial charge < -0.3 is 5.32 Å². The third kappa shape index (κ3) is 3.35. The lowest BCUT2D eigenvalue weighted by molar-refractivity contribution is -0.122. The van der Waals surface area contributed by atoms with Crippen LogP contribution in [0.1, 0.15) is 45.2 Å². The first-order valence-corrected chi connectivity index (χ1v) is 9.70. The number of imide groups is 1. The molecule has 0 unspecified atom stereocenters. The Labute approximate surface area is 159 Å². The van der Waals surface area contributed by atoms with Crippen molar-refractivity contribution >= 4 is 29.5 Å². The number of carbonyl (C=O) groups is 3. The van der Waals surface area contributed by atoms with Gasteiger partial charge in [0.05, 0.1) is 17.2 Å². The molecule has 7 heteroatoms. The van der Waals surface area contributed by atoms with Crippen molar-refractivity contribution in [3.05, 3.63) is 65.0 Å². The zero-order valence-electron chi connectivity index (χ0n) is 14.4. The largest absolute Gasteiger partial charge is 0.349 e. The highest BCUT2D eigenvalue weighted by Crippen LogP contribution is 2.36. The summed E-state index contributed by atoms with van der Waals surface area (Å²) < 4.78 is 13.6. The maximum Gasteiger partial charge on any atom is 0.261 e. The van der Waals surface area contributed by atoms with Crippen LogP contribution in [-0.4, -0.2) is 34.9 Å². The average Bonchev–Trinajstić information content (AvgIpc) is 2.91. The van der Waals surface area contributed by atoms with E-state index in [1.54, 1.807) is 42.1 Å². The Morgan fingerprint density at radius 2 is 1.85 bits per heavy atom. The molecule has 2 aromatic carbocycles. The second kappa shape index (κ2) is 7.15. The maximum atomic E-state index is 13.6. The molecule has 2 heterocycles. The van der Waals surface area contributed by atoms with Gasteiger partial charge in [0, 0.05) is 23.6 Å². The van der Waals surface area contributed by atoms with Gasteiger partial charge in [0.2, 0.25) is 5.91 Å². The smallest absolute Gasteiger partial charge is 0.261 e. The highest BCUT2D eigenvalue weighted by atomic mass is 32.2. The highest BCUT2D eigenvalue weighted by Gasteiger charge is 2.35. The van der Waals surface area contributed by atoms with Crippen LogP contribution in [0.5, 0.6) is 0 Å². The van der Waals surface area contributed by atoms with Crippen molar-refractivity contribution in [3.63, 3.8) is 0 Å². The minimum absolute atomic E-state index is 0.0137. The van der Waals surface area contributed by atoms with Crippen LogP contribution in [0, 0.1) is 5.82 Å². The minimum Gasteiger partial charge on any atom is -0.349 e. The van der Waals surface area contributed by atoms with Crippen molar-refractivity contribution in [3.8, 4) is 0 Å². The van der Waals surface area contributed by atoms with Gasteiger partial charge in [-0.1, -0.05) is 12.1 Å². The molecule has 0 aliphatic carbocycles. The van der Waals surface area contributed by atoms with E-state index in [0.29, 0.717) is 17.5 Å². The summed E-state index contributed by atoms with van der Waals surface area (Å²) in [4.78, 5) is 39.1. The molecule has 1 atom stereocenters. The van der Waals surface area contributed by atoms with Gasteiger partial charge in [-0.05, 0) is 42.3 Å². The van der Waals surface area contributed by atoms with Gasteiger partial charge in [-0.2, -0.15) is 0 Å². The molecule has 5 nitrogen and oxygen atoms in total. The van der Waals surface area contributed by atoms with Crippen molar-refractivity contribution < 1.29 is 18.8 Å². The first-order chi connectivity index (χ1) is 13.0. The summed E-state index contributed by atoms with van der Waals surface area (Å²) >= 11 is 1.64. The lowest BCUT2D eigenvalue weighted by Crippen LogP contribution is -2.36. The Morgan fingerprint density at radius 1 is 1.15 bits per heavy atom. The zero-order chi connectivity index (χ0) is 19.0. The van der Waals surface area contributed by atoms with E-state index in [0.717, 1.165) is 21.1 Å². The van der Waals surface area contributed by atoms with Crippen LogP contribution in [0.25, 0.3) is 0 Å². The number of benzene rings is 2. The minimum atomic E-state index is -0.370. The number of fused-ring (bicyclic) bond motifs is 2. The monoisotopic (exact) mass is 384 g/mol. The van der Waals surface area contributed by atoms with Crippen LogP contribution in [0.15, 0.2) is 47.4 Å². The average molecular weight is 384 g/mol. The first-order valence-electron chi connectivity index (χ1n) is 8.71. The molecule has 0 bridgehead atoms. The molecular weight excluding hydrogens is 367 g/mol. The van der Waals surface area contributed by atoms with E-state index in [1.165, 1.54) is 12.1 Å². The predicted molar refractivity (Wildman–Crippen MR) is 99.1 cm³/mol. The fraction of sp³-hybridized carbons (Fsp3) is 0.250. The van der Waals surface area contributed by atoms with Gasteiger partial charge in [0.1, 0.15) is 5.82 Å². The number of nitrogens with zero attached hydrogens (tertiary/aromatic N) is 1. The third-order valence-corrected chi connectivity index (χ3v) is 5.91. The van der Waals surface area contributed by atoms with Crippen molar-refractivity contribution in [1.29, 1.82) is 0 Å². The molecule has 0 saturated carbocycles. The van der Waals surface area contributed by atoms with E-state index < -0.39 is 0 Å². The summed E-state index contributed by atoms with van der Waals surface area (Å²) in [5.74, 6) is -0.503. The summed E-state index contributed by atoms with van der Waals surface area (Å²) in [5, 5.41) is 2.91. The van der Waals surface area contributed by atoms with Gasteiger partial charge in [-0.3, -0.25) is 19.3 Å². The predicted octanol–water partition coefficient (Wildman–Crippen LogP) is 3.17. The van der Waals surface area contributed by atoms with Gasteiger partial charge in [0.15, 0.2) is 0 Å². The molecule has 0 spiro atoms. The van der Waals surface area contributed by atoms with Crippen molar-refractivity contribution in [1.82, 2.24) is 10.2 Å². The Balaban J connectivity index is 1.40. The fourth-order valence-electron chi connectivity index (χ4n) is 3.44. The van der Waals surface area contributed by atoms with E-state index in [9.17, 15) is 18.8 Å². The van der Waals surface area contributed by atoms with Crippen LogP contribution in [0.2, 0.25) is 0 Å². The summed E-state index contributed by atoms with van der Waals surface area (Å²) in [6.45, 7) is 0.0235. The first kappa shape index (κ1) is 17.7. The lowest BCUT2D eigenvalue weighted by Gasteiger charge is -2.26. The molecule has 138 valence electrons. The molecule has 2 aliphatic heterocycles. The normalized spacial score (nSPS) is 18.3. The number of hydrogen-bond donors (Lipinski definition) is 1. The SMILES string of the molecule is O=C(CCN1C(=O)c2ccccc2C1=O)N[C@@H]1CCSc2ccc(F)cc21. The number of nitrogens with one attached hydrogen (secondary N) is 1. The molecule has 2 aromatic rings. The molecule has 0 saturated heterocycles. The maximum absolute atomic E-state index is 13.6. The van der Waals surface area contributed by atoms with Crippen LogP contribution < -0.4 is 5.32 Å². The van der Waals surface area contributed by atoms with Gasteiger partial charge in [-0.25, -0.2) is 4.39 Å². The number of hydrogen-bond acceptors (Lipinski definition) is 4. The fourth-order valence-corrected chi connectivity index (χ4v) is 4.54. The van der Waals surface area contributed by atoms with E-state index in [-0.39, 0.29) is 42.5 Å². The second-order valence-electron chi connectivity index (χ2n) is 6.50. The zero-order valence-corrected chi connectivity index (χ0v) is 15.2. The molecular formula is C20H17FN2O3S. The molecule has 0 radical (unpaired) electrons. The highest BCUT2D eigenvalue weighted by molar-refractivity contribution is 7.99.